The van der Waals surface area contributed by atoms with Crippen LogP contribution in [0.15, 0.2) is 45.2 Å². The summed E-state index contributed by atoms with van der Waals surface area (Å²) >= 11 is 0. The quantitative estimate of drug-likeness (QED) is 0.163. The molecule has 2 heterocycles. The van der Waals surface area contributed by atoms with Crippen molar-refractivity contribution in [2.75, 3.05) is 13.1 Å². The lowest BCUT2D eigenvalue weighted by atomic mass is 10.1. The van der Waals surface area contributed by atoms with Crippen molar-refractivity contribution in [2.24, 2.45) is 0 Å². The van der Waals surface area contributed by atoms with Crippen LogP contribution in [0.5, 0.6) is 17.2 Å². The first kappa shape index (κ1) is 23.4. The molecule has 0 aliphatic rings. The monoisotopic (exact) mass is 478 g/mol. The lowest BCUT2D eigenvalue weighted by Gasteiger charge is -2.09. The summed E-state index contributed by atoms with van der Waals surface area (Å²) in [6, 6.07) is 8.89. The molecule has 0 atom stereocenters. The molecule has 11 heteroatoms. The molecule has 0 radical (unpaired) electrons. The SMILES string of the molecule is Cc1ccc2cc(C(=O)NCCCNC(=O)c3cc4ccc(O)c(O)c4oc3=N)c(=N)oc2c1O. The van der Waals surface area contributed by atoms with Gasteiger partial charge >= 0.3 is 0 Å². The molecule has 0 spiro atoms. The lowest BCUT2D eigenvalue weighted by molar-refractivity contribution is 0.0947. The maximum absolute atomic E-state index is 12.5. The number of aromatic hydroxyl groups is 3. The van der Waals surface area contributed by atoms with Gasteiger partial charge in [-0.1, -0.05) is 12.1 Å². The fraction of sp³-hybridized carbons (Fsp3) is 0.167. The average molecular weight is 478 g/mol. The first-order chi connectivity index (χ1) is 16.7. The number of carbonyl (C=O) groups excluding carboxylic acids is 2. The number of carbonyl (C=O) groups is 2. The maximum atomic E-state index is 12.5. The second-order valence-electron chi connectivity index (χ2n) is 7.84. The summed E-state index contributed by atoms with van der Waals surface area (Å²) in [4.78, 5) is 24.9. The lowest BCUT2D eigenvalue weighted by Crippen LogP contribution is -2.33. The van der Waals surface area contributed by atoms with Crippen LogP contribution in [0.2, 0.25) is 0 Å². The molecule has 2 amide bonds. The number of nitrogens with one attached hydrogen (secondary N) is 4. The molecule has 180 valence electrons. The van der Waals surface area contributed by atoms with Gasteiger partial charge in [0.05, 0.1) is 0 Å². The van der Waals surface area contributed by atoms with Gasteiger partial charge in [-0.15, -0.1) is 0 Å². The van der Waals surface area contributed by atoms with Crippen molar-refractivity contribution in [2.45, 2.75) is 13.3 Å². The van der Waals surface area contributed by atoms with Gasteiger partial charge in [0, 0.05) is 23.9 Å². The molecule has 0 aliphatic carbocycles. The van der Waals surface area contributed by atoms with Crippen LogP contribution in [-0.2, 0) is 0 Å². The fourth-order valence-corrected chi connectivity index (χ4v) is 3.48. The Labute approximate surface area is 197 Å². The van der Waals surface area contributed by atoms with Gasteiger partial charge < -0.3 is 34.8 Å². The van der Waals surface area contributed by atoms with Crippen molar-refractivity contribution in [1.29, 1.82) is 10.8 Å². The number of benzene rings is 2. The highest BCUT2D eigenvalue weighted by atomic mass is 16.4. The Bertz CT molecular complexity index is 1480. The van der Waals surface area contributed by atoms with Gasteiger partial charge in [0.2, 0.25) is 16.9 Å². The summed E-state index contributed by atoms with van der Waals surface area (Å²) in [5.74, 6) is -2.10. The molecule has 2 aromatic carbocycles. The second kappa shape index (κ2) is 9.21. The molecule has 2 aromatic heterocycles. The van der Waals surface area contributed by atoms with Gasteiger partial charge in [-0.25, -0.2) is 0 Å². The summed E-state index contributed by atoms with van der Waals surface area (Å²) in [6.45, 7) is 2.07. The number of aryl methyl sites for hydroxylation is 1. The predicted molar refractivity (Wildman–Crippen MR) is 123 cm³/mol. The van der Waals surface area contributed by atoms with E-state index in [0.717, 1.165) is 0 Å². The molecular weight excluding hydrogens is 456 g/mol. The van der Waals surface area contributed by atoms with Crippen molar-refractivity contribution < 1.29 is 33.7 Å². The van der Waals surface area contributed by atoms with Crippen molar-refractivity contribution in [1.82, 2.24) is 10.6 Å². The standard InChI is InChI=1S/C24H22N4O7/c1-11-3-4-12-9-14(21(25)34-19(12)17(11)30)23(32)27-7-2-8-28-24(33)15-10-13-5-6-16(29)18(31)20(13)35-22(15)26/h3-6,9-10,25-26,29-31H,2,7-8H2,1H3,(H,27,32)(H,28,33). The van der Waals surface area contributed by atoms with Crippen LogP contribution in [-0.4, -0.2) is 40.2 Å². The Kier molecular flexibility index (Phi) is 6.15. The molecule has 7 N–H and O–H groups in total. The number of amides is 2. The van der Waals surface area contributed by atoms with E-state index in [1.165, 1.54) is 24.3 Å². The van der Waals surface area contributed by atoms with Crippen LogP contribution in [0.25, 0.3) is 21.9 Å². The normalized spacial score (nSPS) is 11.0. The largest absolute Gasteiger partial charge is 0.504 e. The van der Waals surface area contributed by atoms with Crippen LogP contribution in [0.3, 0.4) is 0 Å². The number of hydrogen-bond donors (Lipinski definition) is 7. The van der Waals surface area contributed by atoms with Crippen LogP contribution in [0.1, 0.15) is 32.7 Å². The smallest absolute Gasteiger partial charge is 0.256 e. The molecule has 4 rings (SSSR count). The van der Waals surface area contributed by atoms with Crippen LogP contribution < -0.4 is 21.7 Å². The van der Waals surface area contributed by atoms with Crippen molar-refractivity contribution in [3.63, 3.8) is 0 Å². The molecule has 0 fully saturated rings. The Morgan fingerprint density at radius 2 is 1.29 bits per heavy atom. The number of rotatable bonds is 6. The van der Waals surface area contributed by atoms with E-state index in [1.807, 2.05) is 0 Å². The summed E-state index contributed by atoms with van der Waals surface area (Å²) in [5.41, 5.74) is -0.283. The minimum atomic E-state index is -0.573. The van der Waals surface area contributed by atoms with Gasteiger partial charge in [-0.3, -0.25) is 20.4 Å². The molecule has 11 nitrogen and oxygen atoms in total. The van der Waals surface area contributed by atoms with Crippen LogP contribution in [0.4, 0.5) is 0 Å². The Morgan fingerprint density at radius 3 is 1.83 bits per heavy atom. The third-order valence-electron chi connectivity index (χ3n) is 5.42. The van der Waals surface area contributed by atoms with E-state index in [1.54, 1.807) is 19.1 Å². The molecule has 35 heavy (non-hydrogen) atoms. The molecule has 4 aromatic rings. The van der Waals surface area contributed by atoms with Crippen molar-refractivity contribution in [3.8, 4) is 17.2 Å². The zero-order valence-electron chi connectivity index (χ0n) is 18.6. The zero-order chi connectivity index (χ0) is 25.3. The summed E-state index contributed by atoms with van der Waals surface area (Å²) in [5, 5.41) is 51.4. The number of phenols is 3. The van der Waals surface area contributed by atoms with Crippen LogP contribution in [0, 0.1) is 17.7 Å². The second-order valence-corrected chi connectivity index (χ2v) is 7.84. The first-order valence-electron chi connectivity index (χ1n) is 10.6. The highest BCUT2D eigenvalue weighted by molar-refractivity contribution is 5.98. The van der Waals surface area contributed by atoms with Gasteiger partial charge in [0.1, 0.15) is 11.1 Å². The van der Waals surface area contributed by atoms with Crippen molar-refractivity contribution in [3.05, 3.63) is 64.2 Å². The van der Waals surface area contributed by atoms with E-state index >= 15 is 0 Å². The topological polar surface area (TPSA) is 193 Å². The minimum absolute atomic E-state index is 0.00991. The average Bonchev–Trinajstić information content (AvgIpc) is 2.83. The number of phenolic OH excluding ortho intramolecular Hbond substituents is 3. The predicted octanol–water partition coefficient (Wildman–Crippen LogP) is 2.11. The third-order valence-corrected chi connectivity index (χ3v) is 5.42. The van der Waals surface area contributed by atoms with E-state index in [4.69, 9.17) is 19.7 Å². The van der Waals surface area contributed by atoms with E-state index in [9.17, 15) is 24.9 Å². The van der Waals surface area contributed by atoms with Gasteiger partial charge in [0.15, 0.2) is 22.7 Å². The van der Waals surface area contributed by atoms with E-state index in [-0.39, 0.29) is 46.7 Å². The molecule has 0 unspecified atom stereocenters. The molecular formula is C24H22N4O7. The minimum Gasteiger partial charge on any atom is -0.504 e. The summed E-state index contributed by atoms with van der Waals surface area (Å²) < 4.78 is 10.5. The van der Waals surface area contributed by atoms with E-state index in [0.29, 0.717) is 22.8 Å². The summed E-state index contributed by atoms with van der Waals surface area (Å²) in [6.07, 6.45) is 0.363. The van der Waals surface area contributed by atoms with Gasteiger partial charge in [-0.2, -0.15) is 0 Å². The van der Waals surface area contributed by atoms with Gasteiger partial charge in [-0.05, 0) is 43.2 Å². The Balaban J connectivity index is 1.35. The molecule has 0 aliphatic heterocycles. The highest BCUT2D eigenvalue weighted by Gasteiger charge is 2.16. The van der Waals surface area contributed by atoms with Crippen LogP contribution >= 0.6 is 0 Å². The molecule has 0 saturated carbocycles. The van der Waals surface area contributed by atoms with E-state index in [2.05, 4.69) is 10.6 Å². The first-order valence-corrected chi connectivity index (χ1v) is 10.6. The molecule has 0 bridgehead atoms. The Morgan fingerprint density at radius 1 is 0.800 bits per heavy atom. The fourth-order valence-electron chi connectivity index (χ4n) is 3.48. The molecule has 0 saturated heterocycles. The maximum Gasteiger partial charge on any atom is 0.256 e. The van der Waals surface area contributed by atoms with Gasteiger partial charge in [0.25, 0.3) is 11.8 Å². The van der Waals surface area contributed by atoms with Crippen molar-refractivity contribution >= 4 is 33.8 Å². The zero-order valence-corrected chi connectivity index (χ0v) is 18.6. The summed E-state index contributed by atoms with van der Waals surface area (Å²) in [7, 11) is 0. The number of fused-ring (bicyclic) bond motifs is 2. The Hall–Kier alpha value is -4.80. The number of hydrogen-bond acceptors (Lipinski definition) is 9. The third kappa shape index (κ3) is 4.51. The highest BCUT2D eigenvalue weighted by Crippen LogP contribution is 2.32. The van der Waals surface area contributed by atoms with E-state index < -0.39 is 28.9 Å².